The molecule has 1 heterocycles. The van der Waals surface area contributed by atoms with Gasteiger partial charge < -0.3 is 4.74 Å². The number of hydrogen-bond acceptors (Lipinski definition) is 4. The second kappa shape index (κ2) is 7.90. The van der Waals surface area contributed by atoms with Crippen LogP contribution in [0.5, 0.6) is 0 Å². The zero-order chi connectivity index (χ0) is 16.9. The molecule has 0 bridgehead atoms. The predicted octanol–water partition coefficient (Wildman–Crippen LogP) is 1.56. The van der Waals surface area contributed by atoms with Gasteiger partial charge in [-0.3, -0.25) is 4.79 Å². The standard InChI is InChI=1S/C16H24N2O4S/c1-3-10-17(13-16(19)22-4-2)23(20,21)18-11-9-14-7-5-6-8-15(14)12-18/h5-8H,3-4,9-13H2,1-2H3. The summed E-state index contributed by atoms with van der Waals surface area (Å²) in [6.07, 6.45) is 1.33. The number of rotatable bonds is 7. The highest BCUT2D eigenvalue weighted by atomic mass is 32.2. The Labute approximate surface area is 138 Å². The molecule has 1 aliphatic heterocycles. The van der Waals surface area contributed by atoms with Crippen LogP contribution in [0.3, 0.4) is 0 Å². The molecule has 0 aromatic heterocycles. The highest BCUT2D eigenvalue weighted by Gasteiger charge is 2.33. The number of nitrogens with zero attached hydrogens (tertiary/aromatic N) is 2. The normalized spacial score (nSPS) is 15.4. The molecule has 23 heavy (non-hydrogen) atoms. The van der Waals surface area contributed by atoms with Crippen LogP contribution in [0.2, 0.25) is 0 Å². The Morgan fingerprint density at radius 3 is 2.61 bits per heavy atom. The molecule has 2 rings (SSSR count). The van der Waals surface area contributed by atoms with Gasteiger partial charge in [-0.05, 0) is 30.9 Å². The lowest BCUT2D eigenvalue weighted by atomic mass is 10.0. The van der Waals surface area contributed by atoms with Crippen LogP contribution in [0.25, 0.3) is 0 Å². The van der Waals surface area contributed by atoms with E-state index in [4.69, 9.17) is 4.74 Å². The van der Waals surface area contributed by atoms with Crippen LogP contribution in [0, 0.1) is 0 Å². The van der Waals surface area contributed by atoms with Crippen molar-refractivity contribution in [3.63, 3.8) is 0 Å². The van der Waals surface area contributed by atoms with E-state index in [1.807, 2.05) is 31.2 Å². The molecule has 0 amide bonds. The fourth-order valence-corrected chi connectivity index (χ4v) is 4.34. The first-order valence-corrected chi connectivity index (χ1v) is 9.36. The first-order chi connectivity index (χ1) is 11.0. The number of carbonyl (C=O) groups excluding carboxylic acids is 1. The number of hydrogen-bond donors (Lipinski definition) is 0. The number of benzene rings is 1. The lowest BCUT2D eigenvalue weighted by Gasteiger charge is -2.32. The van der Waals surface area contributed by atoms with Crippen molar-refractivity contribution < 1.29 is 17.9 Å². The van der Waals surface area contributed by atoms with Gasteiger partial charge in [0.15, 0.2) is 0 Å². The molecular weight excluding hydrogens is 316 g/mol. The van der Waals surface area contributed by atoms with Crippen molar-refractivity contribution in [1.29, 1.82) is 0 Å². The van der Waals surface area contributed by atoms with Crippen LogP contribution in [0.15, 0.2) is 24.3 Å². The summed E-state index contributed by atoms with van der Waals surface area (Å²) < 4.78 is 33.3. The summed E-state index contributed by atoms with van der Waals surface area (Å²) in [7, 11) is -3.68. The third-order valence-electron chi connectivity index (χ3n) is 3.83. The van der Waals surface area contributed by atoms with E-state index in [1.165, 1.54) is 14.2 Å². The first kappa shape index (κ1) is 17.9. The van der Waals surface area contributed by atoms with Gasteiger partial charge in [0.25, 0.3) is 10.2 Å². The zero-order valence-corrected chi connectivity index (χ0v) is 14.5. The summed E-state index contributed by atoms with van der Waals surface area (Å²) in [4.78, 5) is 11.7. The first-order valence-electron chi connectivity index (χ1n) is 7.96. The highest BCUT2D eigenvalue weighted by Crippen LogP contribution is 2.22. The minimum atomic E-state index is -3.68. The molecule has 1 aromatic carbocycles. The molecule has 0 spiro atoms. The van der Waals surface area contributed by atoms with Crippen molar-refractivity contribution in [1.82, 2.24) is 8.61 Å². The van der Waals surface area contributed by atoms with Crippen molar-refractivity contribution in [2.75, 3.05) is 26.2 Å². The van der Waals surface area contributed by atoms with Crippen LogP contribution in [-0.2, 0) is 32.7 Å². The van der Waals surface area contributed by atoms with Crippen LogP contribution >= 0.6 is 0 Å². The predicted molar refractivity (Wildman–Crippen MR) is 88.0 cm³/mol. The molecule has 0 aliphatic carbocycles. The maximum absolute atomic E-state index is 12.9. The largest absolute Gasteiger partial charge is 0.465 e. The molecular formula is C16H24N2O4S. The average Bonchev–Trinajstić information content (AvgIpc) is 2.54. The summed E-state index contributed by atoms with van der Waals surface area (Å²) in [6.45, 7) is 4.69. The van der Waals surface area contributed by atoms with E-state index in [0.29, 0.717) is 32.5 Å². The number of carbonyl (C=O) groups is 1. The topological polar surface area (TPSA) is 66.9 Å². The fourth-order valence-electron chi connectivity index (χ4n) is 2.71. The number of fused-ring (bicyclic) bond motifs is 1. The lowest BCUT2D eigenvalue weighted by molar-refractivity contribution is -0.143. The van der Waals surface area contributed by atoms with Gasteiger partial charge in [0.1, 0.15) is 6.54 Å². The fraction of sp³-hybridized carbons (Fsp3) is 0.562. The SMILES string of the molecule is CCCN(CC(=O)OCC)S(=O)(=O)N1CCc2ccccc2C1. The Bertz CT molecular complexity index is 645. The van der Waals surface area contributed by atoms with E-state index in [0.717, 1.165) is 5.56 Å². The molecule has 0 saturated heterocycles. The van der Waals surface area contributed by atoms with E-state index in [1.54, 1.807) is 6.92 Å². The molecule has 1 aliphatic rings. The third kappa shape index (κ3) is 4.31. The zero-order valence-electron chi connectivity index (χ0n) is 13.7. The van der Waals surface area contributed by atoms with Gasteiger partial charge in [-0.15, -0.1) is 0 Å². The van der Waals surface area contributed by atoms with Crippen LogP contribution in [-0.4, -0.2) is 49.2 Å². The summed E-state index contributed by atoms with van der Waals surface area (Å²) in [5, 5.41) is 0. The molecule has 6 nitrogen and oxygen atoms in total. The Morgan fingerprint density at radius 1 is 1.26 bits per heavy atom. The highest BCUT2D eigenvalue weighted by molar-refractivity contribution is 7.86. The van der Waals surface area contributed by atoms with E-state index in [-0.39, 0.29) is 13.2 Å². The molecule has 0 radical (unpaired) electrons. The lowest BCUT2D eigenvalue weighted by Crippen LogP contribution is -2.48. The molecule has 7 heteroatoms. The van der Waals surface area contributed by atoms with Crippen molar-refractivity contribution in [3.05, 3.63) is 35.4 Å². The molecule has 1 aromatic rings. The van der Waals surface area contributed by atoms with Crippen molar-refractivity contribution >= 4 is 16.2 Å². The second-order valence-corrected chi connectivity index (χ2v) is 7.43. The van der Waals surface area contributed by atoms with E-state index < -0.39 is 16.2 Å². The van der Waals surface area contributed by atoms with Crippen molar-refractivity contribution in [2.45, 2.75) is 33.2 Å². The Morgan fingerprint density at radius 2 is 1.96 bits per heavy atom. The van der Waals surface area contributed by atoms with Gasteiger partial charge >= 0.3 is 5.97 Å². The summed E-state index contributed by atoms with van der Waals surface area (Å²) in [5.41, 5.74) is 2.21. The quantitative estimate of drug-likeness (QED) is 0.707. The van der Waals surface area contributed by atoms with Gasteiger partial charge in [-0.2, -0.15) is 17.0 Å². The molecule has 0 saturated carbocycles. The van der Waals surface area contributed by atoms with Crippen molar-refractivity contribution in [2.24, 2.45) is 0 Å². The molecule has 128 valence electrons. The van der Waals surface area contributed by atoms with Crippen LogP contribution < -0.4 is 0 Å². The van der Waals surface area contributed by atoms with Gasteiger partial charge in [-0.25, -0.2) is 0 Å². The van der Waals surface area contributed by atoms with Gasteiger partial charge in [0.2, 0.25) is 0 Å². The van der Waals surface area contributed by atoms with E-state index in [9.17, 15) is 13.2 Å². The van der Waals surface area contributed by atoms with E-state index in [2.05, 4.69) is 0 Å². The van der Waals surface area contributed by atoms with Gasteiger partial charge in [-0.1, -0.05) is 31.2 Å². The molecule has 0 atom stereocenters. The number of ether oxygens (including phenoxy) is 1. The minimum Gasteiger partial charge on any atom is -0.465 e. The molecule has 0 unspecified atom stereocenters. The Hall–Kier alpha value is -1.44. The van der Waals surface area contributed by atoms with Crippen LogP contribution in [0.1, 0.15) is 31.4 Å². The maximum atomic E-state index is 12.9. The Balaban J connectivity index is 2.16. The average molecular weight is 340 g/mol. The summed E-state index contributed by atoms with van der Waals surface area (Å²) in [5.74, 6) is -0.512. The third-order valence-corrected chi connectivity index (χ3v) is 5.76. The van der Waals surface area contributed by atoms with Crippen molar-refractivity contribution in [3.8, 4) is 0 Å². The van der Waals surface area contributed by atoms with Gasteiger partial charge in [0.05, 0.1) is 6.61 Å². The monoisotopic (exact) mass is 340 g/mol. The Kier molecular flexibility index (Phi) is 6.15. The maximum Gasteiger partial charge on any atom is 0.321 e. The smallest absolute Gasteiger partial charge is 0.321 e. The summed E-state index contributed by atoms with van der Waals surface area (Å²) in [6, 6.07) is 7.86. The van der Waals surface area contributed by atoms with Crippen LogP contribution in [0.4, 0.5) is 0 Å². The molecule has 0 N–H and O–H groups in total. The summed E-state index contributed by atoms with van der Waals surface area (Å²) >= 11 is 0. The number of esters is 1. The second-order valence-electron chi connectivity index (χ2n) is 5.50. The van der Waals surface area contributed by atoms with E-state index >= 15 is 0 Å². The van der Waals surface area contributed by atoms with Gasteiger partial charge in [0, 0.05) is 19.6 Å². The minimum absolute atomic E-state index is 0.234. The molecule has 0 fully saturated rings.